The van der Waals surface area contributed by atoms with E-state index < -0.39 is 0 Å². The summed E-state index contributed by atoms with van der Waals surface area (Å²) in [6, 6.07) is 3.61. The minimum Gasteiger partial charge on any atom is -0.311 e. The molecule has 0 saturated heterocycles. The molecular weight excluding hydrogens is 306 g/mol. The molecule has 0 aliphatic carbocycles. The van der Waals surface area contributed by atoms with Crippen molar-refractivity contribution in [3.63, 3.8) is 0 Å². The molecule has 0 radical (unpaired) electrons. The van der Waals surface area contributed by atoms with Crippen molar-refractivity contribution in [1.82, 2.24) is 10.4 Å². The van der Waals surface area contributed by atoms with Crippen LogP contribution < -0.4 is 10.3 Å². The quantitative estimate of drug-likeness (QED) is 0.850. The number of thioether (sulfide) groups is 1. The zero-order valence-corrected chi connectivity index (χ0v) is 12.1. The van der Waals surface area contributed by atoms with Crippen LogP contribution in [0.2, 0.25) is 5.02 Å². The van der Waals surface area contributed by atoms with Crippen molar-refractivity contribution in [3.8, 4) is 0 Å². The molecule has 2 N–H and O–H groups in total. The summed E-state index contributed by atoms with van der Waals surface area (Å²) in [5.74, 6) is 0. The van der Waals surface area contributed by atoms with E-state index in [1.807, 2.05) is 13.0 Å². The molecular formula is C11H8ClN3O2S2. The van der Waals surface area contributed by atoms with Gasteiger partial charge in [-0.15, -0.1) is 0 Å². The van der Waals surface area contributed by atoms with E-state index in [4.69, 9.17) is 11.6 Å². The summed E-state index contributed by atoms with van der Waals surface area (Å²) in [6.45, 7) is 1.90. The lowest BCUT2D eigenvalue weighted by atomic mass is 10.1. The van der Waals surface area contributed by atoms with Gasteiger partial charge in [0.1, 0.15) is 0 Å². The molecule has 0 spiro atoms. The highest BCUT2D eigenvalue weighted by Gasteiger charge is 2.23. The molecule has 0 saturated carbocycles. The fourth-order valence-corrected chi connectivity index (χ4v) is 3.74. The number of H-pyrrole nitrogens is 1. The number of amides is 1. The van der Waals surface area contributed by atoms with E-state index in [2.05, 4.69) is 15.5 Å². The van der Waals surface area contributed by atoms with Crippen LogP contribution in [0.5, 0.6) is 0 Å². The Morgan fingerprint density at radius 3 is 2.89 bits per heavy atom. The summed E-state index contributed by atoms with van der Waals surface area (Å²) >= 11 is 8.43. The van der Waals surface area contributed by atoms with Gasteiger partial charge in [-0.05, 0) is 19.1 Å². The summed E-state index contributed by atoms with van der Waals surface area (Å²) in [5, 5.41) is 4.32. The second-order valence-electron chi connectivity index (χ2n) is 4.00. The number of carbonyl (C=O) groups excluding carboxylic acids is 1. The monoisotopic (exact) mass is 313 g/mol. The third-order valence-electron chi connectivity index (χ3n) is 2.72. The van der Waals surface area contributed by atoms with Gasteiger partial charge in [-0.1, -0.05) is 34.7 Å². The number of fused-ring (bicyclic) bond motifs is 1. The largest absolute Gasteiger partial charge is 0.311 e. The summed E-state index contributed by atoms with van der Waals surface area (Å²) < 4.78 is 0.782. The van der Waals surface area contributed by atoms with Crippen LogP contribution in [0.3, 0.4) is 0 Å². The smallest absolute Gasteiger partial charge is 0.305 e. The molecule has 0 fully saturated rings. The van der Waals surface area contributed by atoms with Crippen LogP contribution in [0.15, 0.2) is 22.0 Å². The van der Waals surface area contributed by atoms with Gasteiger partial charge in [-0.2, -0.15) is 5.10 Å². The number of halogens is 1. The Morgan fingerprint density at radius 2 is 2.16 bits per heavy atom. The highest BCUT2D eigenvalue weighted by molar-refractivity contribution is 8.14. The predicted molar refractivity (Wildman–Crippen MR) is 79.6 cm³/mol. The maximum Gasteiger partial charge on any atom is 0.305 e. The van der Waals surface area contributed by atoms with Crippen molar-refractivity contribution in [1.29, 1.82) is 0 Å². The Morgan fingerprint density at radius 1 is 1.37 bits per heavy atom. The molecule has 2 heterocycles. The molecule has 8 heteroatoms. The molecule has 5 nitrogen and oxygen atoms in total. The van der Waals surface area contributed by atoms with E-state index in [1.54, 1.807) is 6.07 Å². The number of rotatable bonds is 1. The molecule has 19 heavy (non-hydrogen) atoms. The van der Waals surface area contributed by atoms with E-state index in [-0.39, 0.29) is 15.4 Å². The lowest BCUT2D eigenvalue weighted by molar-refractivity contribution is 0.261. The number of hydrazone groups is 1. The molecule has 2 aromatic rings. The fourth-order valence-electron chi connectivity index (χ4n) is 1.90. The van der Waals surface area contributed by atoms with E-state index in [0.29, 0.717) is 10.5 Å². The second-order valence-corrected chi connectivity index (χ2v) is 6.74. The normalized spacial score (nSPS) is 19.4. The van der Waals surface area contributed by atoms with Gasteiger partial charge in [0.15, 0.2) is 0 Å². The Labute approximate surface area is 121 Å². The zero-order chi connectivity index (χ0) is 13.6. The van der Waals surface area contributed by atoms with Gasteiger partial charge in [0, 0.05) is 5.56 Å². The van der Waals surface area contributed by atoms with Crippen LogP contribution in [0.1, 0.15) is 12.5 Å². The number of hydrogen-bond donors (Lipinski definition) is 2. The number of nitrogens with zero attached hydrogens (tertiary/aromatic N) is 1. The van der Waals surface area contributed by atoms with Crippen molar-refractivity contribution >= 4 is 55.9 Å². The van der Waals surface area contributed by atoms with Crippen molar-refractivity contribution in [3.05, 3.63) is 32.4 Å². The van der Waals surface area contributed by atoms with Crippen LogP contribution in [-0.4, -0.2) is 21.2 Å². The summed E-state index contributed by atoms with van der Waals surface area (Å²) in [6.07, 6.45) is 0. The van der Waals surface area contributed by atoms with Crippen molar-refractivity contribution in [2.75, 3.05) is 0 Å². The Bertz CT molecular complexity index is 765. The molecule has 1 amide bonds. The van der Waals surface area contributed by atoms with Gasteiger partial charge in [0.05, 0.1) is 26.2 Å². The molecule has 1 unspecified atom stereocenters. The third kappa shape index (κ3) is 2.29. The maximum absolute atomic E-state index is 11.3. The van der Waals surface area contributed by atoms with Gasteiger partial charge >= 0.3 is 4.87 Å². The van der Waals surface area contributed by atoms with Crippen LogP contribution >= 0.6 is 34.7 Å². The summed E-state index contributed by atoms with van der Waals surface area (Å²) in [4.78, 5) is 25.1. The zero-order valence-electron chi connectivity index (χ0n) is 9.69. The van der Waals surface area contributed by atoms with E-state index in [0.717, 1.165) is 27.3 Å². The minimum atomic E-state index is -0.172. The lowest BCUT2D eigenvalue weighted by Crippen LogP contribution is -2.29. The van der Waals surface area contributed by atoms with E-state index >= 15 is 0 Å². The average Bonchev–Trinajstić information content (AvgIpc) is 2.70. The number of aromatic nitrogens is 1. The highest BCUT2D eigenvalue weighted by atomic mass is 35.5. The number of hydrogen-bond acceptors (Lipinski definition) is 5. The molecule has 3 rings (SSSR count). The lowest BCUT2D eigenvalue weighted by Gasteiger charge is -2.18. The molecule has 1 aromatic heterocycles. The van der Waals surface area contributed by atoms with Crippen molar-refractivity contribution < 1.29 is 4.79 Å². The Hall–Kier alpha value is -1.31. The molecule has 1 aliphatic rings. The second kappa shape index (κ2) is 4.66. The van der Waals surface area contributed by atoms with Crippen molar-refractivity contribution in [2.24, 2.45) is 5.10 Å². The first-order valence-electron chi connectivity index (χ1n) is 5.41. The predicted octanol–water partition coefficient (Wildman–Crippen LogP) is 2.79. The number of thiazole rings is 1. The third-order valence-corrected chi connectivity index (χ3v) is 4.73. The molecule has 1 atom stereocenters. The van der Waals surface area contributed by atoms with Crippen LogP contribution in [0.25, 0.3) is 10.2 Å². The van der Waals surface area contributed by atoms with Gasteiger partial charge < -0.3 is 4.98 Å². The minimum absolute atomic E-state index is 0.0575. The number of benzene rings is 1. The SMILES string of the molecule is CC1SC(=O)NN=C1c1cc(Cl)c2[nH]c(=O)sc2c1. The first-order valence-corrected chi connectivity index (χ1v) is 7.49. The first kappa shape index (κ1) is 12.7. The van der Waals surface area contributed by atoms with E-state index in [9.17, 15) is 9.59 Å². The highest BCUT2D eigenvalue weighted by Crippen LogP contribution is 2.28. The van der Waals surface area contributed by atoms with Gasteiger partial charge in [-0.3, -0.25) is 9.59 Å². The standard InChI is InChI=1S/C11H8ClN3O2S2/c1-4-8(14-15-11(17)18-4)5-2-6(12)9-7(3-5)19-10(16)13-9/h2-4H,1H3,(H,13,16)(H,15,17). The summed E-state index contributed by atoms with van der Waals surface area (Å²) in [5.41, 5.74) is 4.63. The van der Waals surface area contributed by atoms with Crippen molar-refractivity contribution in [2.45, 2.75) is 12.2 Å². The average molecular weight is 314 g/mol. The number of carbonyl (C=O) groups is 1. The Kier molecular flexibility index (Phi) is 3.12. The first-order chi connectivity index (χ1) is 9.04. The van der Waals surface area contributed by atoms with E-state index in [1.165, 1.54) is 11.8 Å². The number of aromatic amines is 1. The van der Waals surface area contributed by atoms with Crippen LogP contribution in [0, 0.1) is 0 Å². The van der Waals surface area contributed by atoms with Gasteiger partial charge in [-0.25, -0.2) is 5.43 Å². The molecule has 98 valence electrons. The summed E-state index contributed by atoms with van der Waals surface area (Å²) in [7, 11) is 0. The molecule has 1 aliphatic heterocycles. The number of nitrogens with one attached hydrogen (secondary N) is 2. The molecule has 0 bridgehead atoms. The van der Waals surface area contributed by atoms with Crippen LogP contribution in [-0.2, 0) is 0 Å². The topological polar surface area (TPSA) is 74.3 Å². The van der Waals surface area contributed by atoms with Gasteiger partial charge in [0.2, 0.25) is 0 Å². The fraction of sp³-hybridized carbons (Fsp3) is 0.182. The Balaban J connectivity index is 2.15. The molecule has 1 aromatic carbocycles. The maximum atomic E-state index is 11.3. The van der Waals surface area contributed by atoms with Gasteiger partial charge in [0.25, 0.3) is 5.24 Å². The van der Waals surface area contributed by atoms with Crippen LogP contribution in [0.4, 0.5) is 4.79 Å².